The lowest BCUT2D eigenvalue weighted by molar-refractivity contribution is -0.120. The highest BCUT2D eigenvalue weighted by Crippen LogP contribution is 2.50. The Labute approximate surface area is 284 Å². The number of hydrogen-bond donors (Lipinski definition) is 4. The van der Waals surface area contributed by atoms with Gasteiger partial charge >= 0.3 is 0 Å². The fourth-order valence-corrected chi connectivity index (χ4v) is 6.30. The van der Waals surface area contributed by atoms with Crippen LogP contribution in [0.25, 0.3) is 11.1 Å². The van der Waals surface area contributed by atoms with Crippen molar-refractivity contribution in [1.29, 1.82) is 0 Å². The first-order valence-electron chi connectivity index (χ1n) is 15.3. The Kier molecular flexibility index (Phi) is 12.2. The van der Waals surface area contributed by atoms with Gasteiger partial charge in [0, 0.05) is 25.1 Å². The summed E-state index contributed by atoms with van der Waals surface area (Å²) in [6, 6.07) is 10.5. The van der Waals surface area contributed by atoms with E-state index in [0.29, 0.717) is 70.5 Å². The van der Waals surface area contributed by atoms with E-state index in [1.807, 2.05) is 12.3 Å². The van der Waals surface area contributed by atoms with Gasteiger partial charge in [0.1, 0.15) is 11.8 Å². The molecule has 12 nitrogen and oxygen atoms in total. The van der Waals surface area contributed by atoms with Crippen LogP contribution >= 0.6 is 11.8 Å². The predicted molar refractivity (Wildman–Crippen MR) is 189 cm³/mol. The Morgan fingerprint density at radius 1 is 0.854 bits per heavy atom. The van der Waals surface area contributed by atoms with E-state index >= 15 is 0 Å². The number of hydrogen-bond acceptors (Lipinski definition) is 10. The molecule has 48 heavy (non-hydrogen) atoms. The fraction of sp³-hybridized carbons (Fsp3) is 0.371. The van der Waals surface area contributed by atoms with Crippen molar-refractivity contribution in [2.24, 2.45) is 0 Å². The van der Waals surface area contributed by atoms with Gasteiger partial charge in [-0.05, 0) is 84.4 Å². The molecule has 0 unspecified atom stereocenters. The summed E-state index contributed by atoms with van der Waals surface area (Å²) in [6.07, 6.45) is 3.42. The smallest absolute Gasteiger partial charge is 0.246 e. The van der Waals surface area contributed by atoms with Gasteiger partial charge in [0.05, 0.1) is 45.9 Å². The highest BCUT2D eigenvalue weighted by molar-refractivity contribution is 7.98. The molecule has 1 aliphatic carbocycles. The van der Waals surface area contributed by atoms with Gasteiger partial charge < -0.3 is 40.2 Å². The molecule has 0 heterocycles. The van der Waals surface area contributed by atoms with Crippen molar-refractivity contribution in [2.45, 2.75) is 45.2 Å². The minimum atomic E-state index is -0.807. The summed E-state index contributed by atoms with van der Waals surface area (Å²) >= 11 is 1.57. The molecule has 0 bridgehead atoms. The zero-order chi connectivity index (χ0) is 35.0. The van der Waals surface area contributed by atoms with Crippen LogP contribution in [-0.2, 0) is 20.8 Å². The molecular formula is C35H42N4O8S. The summed E-state index contributed by atoms with van der Waals surface area (Å²) in [5.41, 5.74) is 3.60. The van der Waals surface area contributed by atoms with Crippen LogP contribution in [0.2, 0.25) is 0 Å². The molecule has 3 aromatic rings. The molecule has 4 N–H and O–H groups in total. The molecule has 1 aliphatic rings. The molecule has 3 amide bonds. The van der Waals surface area contributed by atoms with Crippen LogP contribution < -0.4 is 45.6 Å². The SMILES string of the molecule is COc1ccc(NC(C)=O)cc1NC(=O)[C@H](CCSC)Nc1ccc2c(cc1=O)[C@@H](NC(C)=O)CCc1cc(OC)c(OC)c(OC)c1-2. The van der Waals surface area contributed by atoms with E-state index in [1.54, 1.807) is 49.2 Å². The fourth-order valence-electron chi connectivity index (χ4n) is 5.83. The number of anilines is 3. The Balaban J connectivity index is 1.81. The Morgan fingerprint density at radius 3 is 2.21 bits per heavy atom. The average Bonchev–Trinajstić information content (AvgIpc) is 3.29. The quantitative estimate of drug-likeness (QED) is 0.194. The lowest BCUT2D eigenvalue weighted by atomic mass is 9.95. The van der Waals surface area contributed by atoms with Crippen molar-refractivity contribution in [1.82, 2.24) is 5.32 Å². The second-order valence-electron chi connectivity index (χ2n) is 11.2. The van der Waals surface area contributed by atoms with Gasteiger partial charge in [-0.3, -0.25) is 19.2 Å². The molecule has 0 fully saturated rings. The largest absolute Gasteiger partial charge is 0.495 e. The number of ether oxygens (including phenoxy) is 4. The van der Waals surface area contributed by atoms with Crippen LogP contribution in [0.1, 0.15) is 43.9 Å². The van der Waals surface area contributed by atoms with E-state index in [0.717, 1.165) is 11.1 Å². The zero-order valence-electron chi connectivity index (χ0n) is 28.2. The van der Waals surface area contributed by atoms with E-state index in [9.17, 15) is 19.2 Å². The number of amides is 3. The molecular weight excluding hydrogens is 636 g/mol. The summed E-state index contributed by atoms with van der Waals surface area (Å²) in [5.74, 6) is 1.51. The molecule has 3 aromatic carbocycles. The van der Waals surface area contributed by atoms with E-state index in [1.165, 1.54) is 41.2 Å². The monoisotopic (exact) mass is 678 g/mol. The maximum absolute atomic E-state index is 13.9. The van der Waals surface area contributed by atoms with E-state index in [2.05, 4.69) is 21.3 Å². The molecule has 4 rings (SSSR count). The van der Waals surface area contributed by atoms with Crippen molar-refractivity contribution < 1.29 is 33.3 Å². The number of fused-ring (bicyclic) bond motifs is 3. The Hall–Kier alpha value is -4.91. The first-order valence-corrected chi connectivity index (χ1v) is 16.7. The Bertz CT molecular complexity index is 1750. The number of nitrogens with one attached hydrogen (secondary N) is 4. The lowest BCUT2D eigenvalue weighted by Crippen LogP contribution is -2.36. The predicted octanol–water partition coefficient (Wildman–Crippen LogP) is 5.00. The number of benzene rings is 2. The lowest BCUT2D eigenvalue weighted by Gasteiger charge is -2.20. The minimum absolute atomic E-state index is 0.200. The van der Waals surface area contributed by atoms with Gasteiger partial charge in [0.15, 0.2) is 11.5 Å². The number of methoxy groups -OCH3 is 4. The summed E-state index contributed by atoms with van der Waals surface area (Å²) in [4.78, 5) is 51.6. The molecule has 0 aromatic heterocycles. The van der Waals surface area contributed by atoms with Crippen molar-refractivity contribution in [3.05, 3.63) is 63.8 Å². The summed E-state index contributed by atoms with van der Waals surface area (Å²) in [7, 11) is 6.10. The normalized spacial score (nSPS) is 13.9. The van der Waals surface area contributed by atoms with Crippen LogP contribution in [0.5, 0.6) is 23.0 Å². The molecule has 256 valence electrons. The van der Waals surface area contributed by atoms with Crippen molar-refractivity contribution in [3.8, 4) is 34.1 Å². The summed E-state index contributed by atoms with van der Waals surface area (Å²) < 4.78 is 22.6. The summed E-state index contributed by atoms with van der Waals surface area (Å²) in [6.45, 7) is 2.83. The first kappa shape index (κ1) is 35.9. The molecule has 0 saturated carbocycles. The second-order valence-corrected chi connectivity index (χ2v) is 12.1. The Morgan fingerprint density at radius 2 is 1.58 bits per heavy atom. The van der Waals surface area contributed by atoms with Gasteiger partial charge in [-0.25, -0.2) is 0 Å². The van der Waals surface area contributed by atoms with Crippen molar-refractivity contribution in [2.75, 3.05) is 56.4 Å². The molecule has 0 radical (unpaired) electrons. The van der Waals surface area contributed by atoms with Gasteiger partial charge in [-0.2, -0.15) is 11.8 Å². The second kappa shape index (κ2) is 16.3. The highest BCUT2D eigenvalue weighted by Gasteiger charge is 2.30. The number of carbonyl (C=O) groups excluding carboxylic acids is 3. The summed E-state index contributed by atoms with van der Waals surface area (Å²) in [5, 5.41) is 11.8. The number of carbonyl (C=O) groups is 3. The first-order chi connectivity index (χ1) is 23.0. The zero-order valence-corrected chi connectivity index (χ0v) is 29.0. The van der Waals surface area contributed by atoms with Crippen LogP contribution in [0.4, 0.5) is 17.1 Å². The van der Waals surface area contributed by atoms with Crippen LogP contribution in [0.15, 0.2) is 47.3 Å². The molecule has 0 aliphatic heterocycles. The van der Waals surface area contributed by atoms with Crippen LogP contribution in [0.3, 0.4) is 0 Å². The van der Waals surface area contributed by atoms with Crippen LogP contribution in [0, 0.1) is 0 Å². The third-order valence-electron chi connectivity index (χ3n) is 7.95. The number of thioether (sulfide) groups is 1. The molecule has 0 spiro atoms. The average molecular weight is 679 g/mol. The van der Waals surface area contributed by atoms with Gasteiger partial charge in [0.25, 0.3) is 0 Å². The van der Waals surface area contributed by atoms with E-state index in [4.69, 9.17) is 18.9 Å². The van der Waals surface area contributed by atoms with Gasteiger partial charge in [0.2, 0.25) is 28.9 Å². The van der Waals surface area contributed by atoms with Gasteiger partial charge in [-0.15, -0.1) is 0 Å². The van der Waals surface area contributed by atoms with Gasteiger partial charge in [-0.1, -0.05) is 6.07 Å². The maximum atomic E-state index is 13.9. The van der Waals surface area contributed by atoms with E-state index < -0.39 is 18.0 Å². The molecule has 13 heteroatoms. The van der Waals surface area contributed by atoms with E-state index in [-0.39, 0.29) is 22.9 Å². The minimum Gasteiger partial charge on any atom is -0.495 e. The van der Waals surface area contributed by atoms with Crippen molar-refractivity contribution >= 4 is 46.5 Å². The maximum Gasteiger partial charge on any atom is 0.246 e. The van der Waals surface area contributed by atoms with Crippen LogP contribution in [-0.4, -0.2) is 64.2 Å². The topological polar surface area (TPSA) is 153 Å². The third-order valence-corrected chi connectivity index (χ3v) is 8.59. The highest BCUT2D eigenvalue weighted by atomic mass is 32.2. The molecule has 0 saturated heterocycles. The number of rotatable bonds is 13. The third kappa shape index (κ3) is 8.14. The standard InChI is InChI=1S/C35H42N4O8S/c1-19(40)36-22-9-13-30(44-3)28(17-22)39-35(43)27(14-15-48-7)38-26-12-10-23-24(18-29(26)42)25(37-20(2)41)11-8-21-16-31(45-4)33(46-5)34(47-6)32(21)23/h9-10,12-13,16-18,25,27H,8,11,14-15H2,1-7H3,(H,36,40)(H,37,41)(H,38,42)(H,39,43)/t25-,27-/m0/s1. The van der Waals surface area contributed by atoms with Crippen molar-refractivity contribution in [3.63, 3.8) is 0 Å². The number of aryl methyl sites for hydroxylation is 1. The molecule has 2 atom stereocenters.